The van der Waals surface area contributed by atoms with Crippen molar-refractivity contribution in [2.45, 2.75) is 52.1 Å². The van der Waals surface area contributed by atoms with Crippen LogP contribution in [0.25, 0.3) is 0 Å². The number of Topliss-reactive ketones (excluding diaryl/α,β-unsaturated/α-hetero) is 1. The molecule has 1 aromatic carbocycles. The van der Waals surface area contributed by atoms with Gasteiger partial charge < -0.3 is 9.64 Å². The third-order valence-electron chi connectivity index (χ3n) is 6.01. The summed E-state index contributed by atoms with van der Waals surface area (Å²) >= 11 is 0. The lowest BCUT2D eigenvalue weighted by atomic mass is 9.75. The number of amides is 1. The Labute approximate surface area is 171 Å². The zero-order chi connectivity index (χ0) is 20.6. The second-order valence-corrected chi connectivity index (χ2v) is 8.89. The van der Waals surface area contributed by atoms with Crippen LogP contribution in [0.1, 0.15) is 71.3 Å². The SMILES string of the molecule is COCCn1nc([C@@H]2CCCN2C(=O)c2ccccc2)c2c1CC(C)(C)CC2=O. The highest BCUT2D eigenvalue weighted by molar-refractivity contribution is 6.00. The van der Waals surface area contributed by atoms with Crippen molar-refractivity contribution in [3.05, 3.63) is 52.8 Å². The van der Waals surface area contributed by atoms with Gasteiger partial charge in [0.1, 0.15) is 0 Å². The summed E-state index contributed by atoms with van der Waals surface area (Å²) in [6.45, 7) is 6.10. The Morgan fingerprint density at radius 1 is 1.24 bits per heavy atom. The van der Waals surface area contributed by atoms with Gasteiger partial charge in [-0.3, -0.25) is 14.3 Å². The first kappa shape index (κ1) is 19.8. The van der Waals surface area contributed by atoms with E-state index in [1.54, 1.807) is 7.11 Å². The van der Waals surface area contributed by atoms with Crippen molar-refractivity contribution in [3.63, 3.8) is 0 Å². The molecule has 6 heteroatoms. The fourth-order valence-corrected chi connectivity index (χ4v) is 4.68. The molecule has 0 unspecified atom stereocenters. The fraction of sp³-hybridized carbons (Fsp3) is 0.522. The van der Waals surface area contributed by atoms with Crippen LogP contribution < -0.4 is 0 Å². The molecule has 4 rings (SSSR count). The van der Waals surface area contributed by atoms with Crippen molar-refractivity contribution >= 4 is 11.7 Å². The smallest absolute Gasteiger partial charge is 0.254 e. The number of fused-ring (bicyclic) bond motifs is 1. The first-order chi connectivity index (χ1) is 13.9. The maximum absolute atomic E-state index is 13.1. The summed E-state index contributed by atoms with van der Waals surface area (Å²) in [5.74, 6) is 0.158. The molecule has 0 spiro atoms. The minimum absolute atomic E-state index is 0.0110. The van der Waals surface area contributed by atoms with Crippen LogP contribution in [0.4, 0.5) is 0 Å². The molecule has 0 radical (unpaired) electrons. The van der Waals surface area contributed by atoms with Gasteiger partial charge >= 0.3 is 0 Å². The number of hydrogen-bond donors (Lipinski definition) is 0. The van der Waals surface area contributed by atoms with Gasteiger partial charge in [-0.1, -0.05) is 32.0 Å². The van der Waals surface area contributed by atoms with Gasteiger partial charge in [0.2, 0.25) is 0 Å². The lowest BCUT2D eigenvalue weighted by molar-refractivity contribution is 0.0728. The second-order valence-electron chi connectivity index (χ2n) is 8.89. The van der Waals surface area contributed by atoms with Gasteiger partial charge in [-0.2, -0.15) is 5.10 Å². The number of nitrogens with zero attached hydrogens (tertiary/aromatic N) is 3. The van der Waals surface area contributed by atoms with Crippen LogP contribution in [0.15, 0.2) is 30.3 Å². The van der Waals surface area contributed by atoms with Gasteiger partial charge in [-0.15, -0.1) is 0 Å². The minimum atomic E-state index is -0.148. The van der Waals surface area contributed by atoms with E-state index in [-0.39, 0.29) is 23.1 Å². The molecule has 0 saturated carbocycles. The number of rotatable bonds is 5. The Bertz CT molecular complexity index is 917. The van der Waals surface area contributed by atoms with E-state index in [0.717, 1.165) is 36.2 Å². The third-order valence-corrected chi connectivity index (χ3v) is 6.01. The topological polar surface area (TPSA) is 64.4 Å². The largest absolute Gasteiger partial charge is 0.383 e. The molecule has 2 heterocycles. The minimum Gasteiger partial charge on any atom is -0.383 e. The quantitative estimate of drug-likeness (QED) is 0.775. The molecular formula is C23H29N3O3. The number of ketones is 1. The maximum Gasteiger partial charge on any atom is 0.254 e. The molecule has 1 amide bonds. The van der Waals surface area contributed by atoms with E-state index >= 15 is 0 Å². The number of methoxy groups -OCH3 is 1. The summed E-state index contributed by atoms with van der Waals surface area (Å²) < 4.78 is 7.20. The molecule has 0 bridgehead atoms. The number of hydrogen-bond acceptors (Lipinski definition) is 4. The van der Waals surface area contributed by atoms with E-state index in [0.29, 0.717) is 31.7 Å². The standard InChI is InChI=1S/C23H29N3O3/c1-23(2)14-18-20(19(27)15-23)21(24-26(18)12-13-29-3)17-10-7-11-25(17)22(28)16-8-5-4-6-9-16/h4-6,8-9,17H,7,10-15H2,1-3H3/t17-/m0/s1. The first-order valence-corrected chi connectivity index (χ1v) is 10.4. The molecule has 1 fully saturated rings. The maximum atomic E-state index is 13.1. The van der Waals surface area contributed by atoms with Crippen LogP contribution >= 0.6 is 0 Å². The fourth-order valence-electron chi connectivity index (χ4n) is 4.68. The van der Waals surface area contributed by atoms with E-state index in [9.17, 15) is 9.59 Å². The summed E-state index contributed by atoms with van der Waals surface area (Å²) in [7, 11) is 1.67. The molecule has 2 aromatic rings. The molecular weight excluding hydrogens is 366 g/mol. The predicted octanol–water partition coefficient (Wildman–Crippen LogP) is 3.66. The highest BCUT2D eigenvalue weighted by atomic mass is 16.5. The van der Waals surface area contributed by atoms with Gasteiger partial charge in [0.25, 0.3) is 5.91 Å². The van der Waals surface area contributed by atoms with Gasteiger partial charge in [0.15, 0.2) is 5.78 Å². The number of carbonyl (C=O) groups excluding carboxylic acids is 2. The number of likely N-dealkylation sites (tertiary alicyclic amines) is 1. The molecule has 2 aliphatic rings. The van der Waals surface area contributed by atoms with Crippen LogP contribution in [-0.2, 0) is 17.7 Å². The Morgan fingerprint density at radius 3 is 2.72 bits per heavy atom. The van der Waals surface area contributed by atoms with Crippen molar-refractivity contribution in [1.82, 2.24) is 14.7 Å². The molecule has 6 nitrogen and oxygen atoms in total. The molecule has 0 N–H and O–H groups in total. The molecule has 1 aliphatic heterocycles. The highest BCUT2D eigenvalue weighted by Gasteiger charge is 2.41. The van der Waals surface area contributed by atoms with Crippen LogP contribution in [0.3, 0.4) is 0 Å². The monoisotopic (exact) mass is 395 g/mol. The van der Waals surface area contributed by atoms with Crippen LogP contribution in [0, 0.1) is 5.41 Å². The third kappa shape index (κ3) is 3.73. The summed E-state index contributed by atoms with van der Waals surface area (Å²) in [6.07, 6.45) is 3.08. The Morgan fingerprint density at radius 2 is 2.00 bits per heavy atom. The zero-order valence-electron chi connectivity index (χ0n) is 17.5. The molecule has 1 atom stereocenters. The number of carbonyl (C=O) groups is 2. The first-order valence-electron chi connectivity index (χ1n) is 10.4. The molecule has 1 aromatic heterocycles. The van der Waals surface area contributed by atoms with Gasteiger partial charge in [0.05, 0.1) is 36.1 Å². The summed E-state index contributed by atoms with van der Waals surface area (Å²) in [5, 5.41) is 4.88. The summed E-state index contributed by atoms with van der Waals surface area (Å²) in [6, 6.07) is 9.21. The van der Waals surface area contributed by atoms with E-state index in [2.05, 4.69) is 13.8 Å². The zero-order valence-corrected chi connectivity index (χ0v) is 17.5. The number of benzene rings is 1. The number of aromatic nitrogens is 2. The molecule has 1 aliphatic carbocycles. The molecule has 154 valence electrons. The lowest BCUT2D eigenvalue weighted by Gasteiger charge is -2.30. The highest BCUT2D eigenvalue weighted by Crippen LogP contribution is 2.41. The van der Waals surface area contributed by atoms with Crippen molar-refractivity contribution in [3.8, 4) is 0 Å². The van der Waals surface area contributed by atoms with Crippen molar-refractivity contribution in [2.75, 3.05) is 20.3 Å². The molecule has 1 saturated heterocycles. The Kier molecular flexibility index (Phi) is 5.30. The molecule has 29 heavy (non-hydrogen) atoms. The lowest BCUT2D eigenvalue weighted by Crippen LogP contribution is -2.32. The van der Waals surface area contributed by atoms with Crippen LogP contribution in [-0.4, -0.2) is 46.6 Å². The number of ether oxygens (including phenoxy) is 1. The van der Waals surface area contributed by atoms with E-state index < -0.39 is 0 Å². The average molecular weight is 396 g/mol. The van der Waals surface area contributed by atoms with Crippen molar-refractivity contribution in [1.29, 1.82) is 0 Å². The van der Waals surface area contributed by atoms with Crippen LogP contribution in [0.5, 0.6) is 0 Å². The Hall–Kier alpha value is -2.47. The van der Waals surface area contributed by atoms with Gasteiger partial charge in [0, 0.05) is 25.6 Å². The summed E-state index contributed by atoms with van der Waals surface area (Å²) in [4.78, 5) is 28.2. The van der Waals surface area contributed by atoms with Gasteiger partial charge in [-0.25, -0.2) is 0 Å². The predicted molar refractivity (Wildman–Crippen MR) is 110 cm³/mol. The van der Waals surface area contributed by atoms with Crippen LogP contribution in [0.2, 0.25) is 0 Å². The average Bonchev–Trinajstić information content (AvgIpc) is 3.30. The Balaban J connectivity index is 1.73. The van der Waals surface area contributed by atoms with E-state index in [1.807, 2.05) is 39.9 Å². The van der Waals surface area contributed by atoms with Crippen molar-refractivity contribution < 1.29 is 14.3 Å². The van der Waals surface area contributed by atoms with E-state index in [1.165, 1.54) is 0 Å². The van der Waals surface area contributed by atoms with Crippen molar-refractivity contribution in [2.24, 2.45) is 5.41 Å². The summed E-state index contributed by atoms with van der Waals surface area (Å²) in [5.41, 5.74) is 3.12. The normalized spacial score (nSPS) is 20.7. The second kappa shape index (κ2) is 7.75. The van der Waals surface area contributed by atoms with E-state index in [4.69, 9.17) is 9.84 Å². The van der Waals surface area contributed by atoms with Gasteiger partial charge in [-0.05, 0) is 36.8 Å².